The number of aromatic nitrogens is 1. The average molecular weight is 338 g/mol. The van der Waals surface area contributed by atoms with E-state index in [4.69, 9.17) is 0 Å². The van der Waals surface area contributed by atoms with Gasteiger partial charge in [-0.3, -0.25) is 9.59 Å². The zero-order valence-corrected chi connectivity index (χ0v) is 13.3. The Morgan fingerprint density at radius 2 is 1.78 bits per heavy atom. The smallest absolute Gasteiger partial charge is 0.250 e. The lowest BCUT2D eigenvalue weighted by Gasteiger charge is -2.14. The number of carbonyl (C=O) groups is 1. The summed E-state index contributed by atoms with van der Waals surface area (Å²) in [4.78, 5) is 23.3. The molecular formula is C15H15FN2O4S. The number of halogens is 1. The molecule has 2 rings (SSSR count). The van der Waals surface area contributed by atoms with Crippen LogP contribution in [-0.2, 0) is 21.7 Å². The second-order valence-corrected chi connectivity index (χ2v) is 7.27. The van der Waals surface area contributed by atoms with Gasteiger partial charge in [-0.2, -0.15) is 0 Å². The minimum absolute atomic E-state index is 0.137. The predicted molar refractivity (Wildman–Crippen MR) is 83.4 cm³/mol. The second kappa shape index (κ2) is 6.33. The highest BCUT2D eigenvalue weighted by Gasteiger charge is 2.29. The fraction of sp³-hybridized carbons (Fsp3) is 0.200. The number of rotatable bonds is 4. The summed E-state index contributed by atoms with van der Waals surface area (Å²) in [5.74, 6) is -1.31. The van der Waals surface area contributed by atoms with Crippen LogP contribution in [0.5, 0.6) is 0 Å². The molecule has 122 valence electrons. The van der Waals surface area contributed by atoms with Gasteiger partial charge in [0.1, 0.15) is 11.1 Å². The SMILES string of the molecule is CC(C(=O)Nc1ccc(=O)n(C)c1)S(=O)(=O)c1ccc(F)cc1. The number of pyridine rings is 1. The maximum atomic E-state index is 12.9. The number of sulfone groups is 1. The summed E-state index contributed by atoms with van der Waals surface area (Å²) >= 11 is 0. The molecular weight excluding hydrogens is 323 g/mol. The van der Waals surface area contributed by atoms with Gasteiger partial charge in [0, 0.05) is 19.3 Å². The van der Waals surface area contributed by atoms with Crippen LogP contribution in [0.15, 0.2) is 52.3 Å². The van der Waals surface area contributed by atoms with E-state index < -0.39 is 26.8 Å². The fourth-order valence-electron chi connectivity index (χ4n) is 1.88. The Labute approximate surface area is 132 Å². The monoisotopic (exact) mass is 338 g/mol. The van der Waals surface area contributed by atoms with E-state index in [0.717, 1.165) is 24.3 Å². The lowest BCUT2D eigenvalue weighted by atomic mass is 10.3. The molecule has 0 spiro atoms. The van der Waals surface area contributed by atoms with Crippen LogP contribution in [0.2, 0.25) is 0 Å². The van der Waals surface area contributed by atoms with Crippen LogP contribution < -0.4 is 10.9 Å². The standard InChI is InChI=1S/C15H15FN2O4S/c1-10(23(21,22)13-6-3-11(16)4-7-13)15(20)17-12-5-8-14(19)18(2)9-12/h3-10H,1-2H3,(H,17,20). The average Bonchev–Trinajstić information content (AvgIpc) is 2.50. The number of nitrogens with one attached hydrogen (secondary N) is 1. The van der Waals surface area contributed by atoms with Crippen molar-refractivity contribution in [3.63, 3.8) is 0 Å². The van der Waals surface area contributed by atoms with E-state index >= 15 is 0 Å². The van der Waals surface area contributed by atoms with E-state index in [0.29, 0.717) is 5.69 Å². The molecule has 1 heterocycles. The van der Waals surface area contributed by atoms with Crippen molar-refractivity contribution < 1.29 is 17.6 Å². The number of amides is 1. The van der Waals surface area contributed by atoms with Crippen LogP contribution in [0.1, 0.15) is 6.92 Å². The zero-order valence-electron chi connectivity index (χ0n) is 12.5. The van der Waals surface area contributed by atoms with Gasteiger partial charge in [0.15, 0.2) is 9.84 Å². The first-order valence-electron chi connectivity index (χ1n) is 6.69. The van der Waals surface area contributed by atoms with Crippen molar-refractivity contribution in [1.29, 1.82) is 0 Å². The summed E-state index contributed by atoms with van der Waals surface area (Å²) < 4.78 is 38.9. The topological polar surface area (TPSA) is 85.2 Å². The molecule has 1 N–H and O–H groups in total. The number of aryl methyl sites for hydroxylation is 1. The van der Waals surface area contributed by atoms with Crippen molar-refractivity contribution in [1.82, 2.24) is 4.57 Å². The lowest BCUT2D eigenvalue weighted by Crippen LogP contribution is -2.33. The normalized spacial score (nSPS) is 12.7. The number of anilines is 1. The predicted octanol–water partition coefficient (Wildman–Crippen LogP) is 1.33. The van der Waals surface area contributed by atoms with E-state index in [1.54, 1.807) is 0 Å². The summed E-state index contributed by atoms with van der Waals surface area (Å²) in [5.41, 5.74) is 0.0493. The zero-order chi connectivity index (χ0) is 17.2. The van der Waals surface area contributed by atoms with Crippen molar-refractivity contribution in [3.8, 4) is 0 Å². The Balaban J connectivity index is 2.22. The molecule has 0 aliphatic heterocycles. The van der Waals surface area contributed by atoms with E-state index in [1.807, 2.05) is 0 Å². The Morgan fingerprint density at radius 1 is 1.17 bits per heavy atom. The third-order valence-corrected chi connectivity index (χ3v) is 5.40. The third-order valence-electron chi connectivity index (χ3n) is 3.33. The van der Waals surface area contributed by atoms with Crippen molar-refractivity contribution in [2.45, 2.75) is 17.1 Å². The molecule has 8 heteroatoms. The van der Waals surface area contributed by atoms with Crippen molar-refractivity contribution in [2.75, 3.05) is 5.32 Å². The highest BCUT2D eigenvalue weighted by Crippen LogP contribution is 2.18. The summed E-state index contributed by atoms with van der Waals surface area (Å²) in [7, 11) is -2.43. The van der Waals surface area contributed by atoms with Gasteiger partial charge < -0.3 is 9.88 Å². The minimum Gasteiger partial charge on any atom is -0.324 e. The highest BCUT2D eigenvalue weighted by molar-refractivity contribution is 7.92. The molecule has 1 amide bonds. The number of nitrogens with zero attached hydrogens (tertiary/aromatic N) is 1. The van der Waals surface area contributed by atoms with Crippen molar-refractivity contribution >= 4 is 21.4 Å². The molecule has 0 saturated carbocycles. The first-order chi connectivity index (χ1) is 10.7. The van der Waals surface area contributed by atoms with Crippen LogP contribution in [-0.4, -0.2) is 24.1 Å². The van der Waals surface area contributed by atoms with Gasteiger partial charge in [-0.05, 0) is 37.3 Å². The van der Waals surface area contributed by atoms with Gasteiger partial charge in [-0.25, -0.2) is 12.8 Å². The summed E-state index contributed by atoms with van der Waals surface area (Å²) in [5, 5.41) is 1.07. The highest BCUT2D eigenvalue weighted by atomic mass is 32.2. The number of hydrogen-bond donors (Lipinski definition) is 1. The van der Waals surface area contributed by atoms with E-state index in [1.165, 1.54) is 36.9 Å². The summed E-state index contributed by atoms with van der Waals surface area (Å²) in [6.45, 7) is 1.25. The van der Waals surface area contributed by atoms with E-state index in [-0.39, 0.29) is 10.5 Å². The van der Waals surface area contributed by atoms with Gasteiger partial charge in [0.2, 0.25) is 11.5 Å². The van der Waals surface area contributed by atoms with Gasteiger partial charge in [0.05, 0.1) is 10.6 Å². The number of hydrogen-bond acceptors (Lipinski definition) is 4. The molecule has 1 aromatic carbocycles. The molecule has 0 radical (unpaired) electrons. The Bertz CT molecular complexity index is 888. The first-order valence-corrected chi connectivity index (χ1v) is 8.23. The maximum absolute atomic E-state index is 12.9. The van der Waals surface area contributed by atoms with Gasteiger partial charge >= 0.3 is 0 Å². The molecule has 23 heavy (non-hydrogen) atoms. The molecule has 0 saturated heterocycles. The van der Waals surface area contributed by atoms with Gasteiger partial charge in [0.25, 0.3) is 0 Å². The van der Waals surface area contributed by atoms with Crippen LogP contribution in [0.3, 0.4) is 0 Å². The fourth-order valence-corrected chi connectivity index (χ4v) is 3.15. The largest absolute Gasteiger partial charge is 0.324 e. The van der Waals surface area contributed by atoms with E-state index in [2.05, 4.69) is 5.32 Å². The van der Waals surface area contributed by atoms with Crippen LogP contribution >= 0.6 is 0 Å². The molecule has 0 aliphatic carbocycles. The van der Waals surface area contributed by atoms with Crippen LogP contribution in [0.25, 0.3) is 0 Å². The summed E-state index contributed by atoms with van der Waals surface area (Å²) in [6.07, 6.45) is 1.39. The van der Waals surface area contributed by atoms with Crippen molar-refractivity contribution in [2.24, 2.45) is 7.05 Å². The minimum atomic E-state index is -3.94. The van der Waals surface area contributed by atoms with Crippen LogP contribution in [0.4, 0.5) is 10.1 Å². The quantitative estimate of drug-likeness (QED) is 0.852. The first kappa shape index (κ1) is 16.9. The maximum Gasteiger partial charge on any atom is 0.250 e. The molecule has 0 bridgehead atoms. The Morgan fingerprint density at radius 3 is 2.35 bits per heavy atom. The van der Waals surface area contributed by atoms with E-state index in [9.17, 15) is 22.4 Å². The molecule has 6 nitrogen and oxygen atoms in total. The molecule has 0 fully saturated rings. The molecule has 1 atom stereocenters. The lowest BCUT2D eigenvalue weighted by molar-refractivity contribution is -0.115. The molecule has 2 aromatic rings. The Hall–Kier alpha value is -2.48. The van der Waals surface area contributed by atoms with Crippen molar-refractivity contribution in [3.05, 3.63) is 58.8 Å². The summed E-state index contributed by atoms with van der Waals surface area (Å²) in [6, 6.07) is 6.91. The molecule has 0 aliphatic rings. The number of carbonyl (C=O) groups excluding carboxylic acids is 1. The Kier molecular flexibility index (Phi) is 4.65. The van der Waals surface area contributed by atoms with Gasteiger partial charge in [-0.15, -0.1) is 0 Å². The van der Waals surface area contributed by atoms with Crippen LogP contribution in [0, 0.1) is 5.82 Å². The molecule has 1 aromatic heterocycles. The molecule has 1 unspecified atom stereocenters. The third kappa shape index (κ3) is 3.65. The number of benzene rings is 1. The van der Waals surface area contributed by atoms with Gasteiger partial charge in [-0.1, -0.05) is 0 Å². The second-order valence-electron chi connectivity index (χ2n) is 5.00.